The fraction of sp³-hybridized carbons (Fsp3) is 0.733. The maximum Gasteiger partial charge on any atom is 0.239 e. The minimum Gasteiger partial charge on any atom is -0.355 e. The first kappa shape index (κ1) is 18.4. The highest BCUT2D eigenvalue weighted by Crippen LogP contribution is 2.19. The van der Waals surface area contributed by atoms with Crippen molar-refractivity contribution in [1.29, 1.82) is 0 Å². The summed E-state index contributed by atoms with van der Waals surface area (Å²) in [5.41, 5.74) is 0. The van der Waals surface area contributed by atoms with Gasteiger partial charge in [-0.15, -0.1) is 0 Å². The number of carbonyl (C=O) groups excluding carboxylic acids is 1. The molecule has 0 radical (unpaired) electrons. The maximum absolute atomic E-state index is 11.7. The second kappa shape index (κ2) is 9.41. The summed E-state index contributed by atoms with van der Waals surface area (Å²) in [7, 11) is 1.75. The largest absolute Gasteiger partial charge is 0.355 e. The lowest BCUT2D eigenvalue weighted by Crippen LogP contribution is -2.53. The zero-order valence-electron chi connectivity index (χ0n) is 14.7. The molecule has 9 heteroatoms. The third-order valence-electron chi connectivity index (χ3n) is 3.81. The van der Waals surface area contributed by atoms with Crippen LogP contribution in [0.1, 0.15) is 26.1 Å². The van der Waals surface area contributed by atoms with Crippen LogP contribution in [0.15, 0.2) is 4.99 Å². The van der Waals surface area contributed by atoms with Crippen LogP contribution < -0.4 is 15.5 Å². The van der Waals surface area contributed by atoms with Gasteiger partial charge in [-0.3, -0.25) is 9.79 Å². The number of aliphatic imine (C=N–C) groups is 1. The summed E-state index contributed by atoms with van der Waals surface area (Å²) in [6, 6.07) is 0. The summed E-state index contributed by atoms with van der Waals surface area (Å²) in [5, 5.41) is 6.98. The third-order valence-corrected chi connectivity index (χ3v) is 4.63. The monoisotopic (exact) mass is 353 g/mol. The minimum absolute atomic E-state index is 0.00223. The minimum atomic E-state index is -0.00223. The van der Waals surface area contributed by atoms with E-state index in [1.54, 1.807) is 7.05 Å². The summed E-state index contributed by atoms with van der Waals surface area (Å²) in [6.07, 6.45) is 1.81. The Hall–Kier alpha value is -1.90. The molecule has 0 aromatic carbocycles. The Bertz CT molecular complexity index is 552. The third kappa shape index (κ3) is 5.05. The SMILES string of the molecule is CCCNC(=O)CNC(=NC)N1CCN(c2nc(CC)ns2)CC1. The highest BCUT2D eigenvalue weighted by Gasteiger charge is 2.22. The van der Waals surface area contributed by atoms with Gasteiger partial charge in [-0.25, -0.2) is 4.98 Å². The lowest BCUT2D eigenvalue weighted by atomic mass is 10.3. The van der Waals surface area contributed by atoms with Crippen LogP contribution in [0, 0.1) is 0 Å². The molecule has 134 valence electrons. The second-order valence-electron chi connectivity index (χ2n) is 5.57. The van der Waals surface area contributed by atoms with E-state index >= 15 is 0 Å². The molecule has 0 saturated carbocycles. The molecule has 2 N–H and O–H groups in total. The van der Waals surface area contributed by atoms with Crippen molar-refractivity contribution in [2.24, 2.45) is 4.99 Å². The van der Waals surface area contributed by atoms with E-state index in [-0.39, 0.29) is 12.5 Å². The van der Waals surface area contributed by atoms with Crippen molar-refractivity contribution in [2.75, 3.05) is 51.2 Å². The van der Waals surface area contributed by atoms with Crippen molar-refractivity contribution in [1.82, 2.24) is 24.9 Å². The standard InChI is InChI=1S/C15H27N7OS/c1-4-6-17-13(23)11-18-14(16-3)21-7-9-22(10-8-21)15-19-12(5-2)20-24-15/h4-11H2,1-3H3,(H,16,18)(H,17,23). The molecule has 8 nitrogen and oxygen atoms in total. The molecule has 1 aromatic rings. The number of guanidine groups is 1. The van der Waals surface area contributed by atoms with Gasteiger partial charge in [-0.2, -0.15) is 4.37 Å². The van der Waals surface area contributed by atoms with Gasteiger partial charge in [0.2, 0.25) is 11.0 Å². The summed E-state index contributed by atoms with van der Waals surface area (Å²) in [5.74, 6) is 1.68. The van der Waals surface area contributed by atoms with Crippen molar-refractivity contribution in [3.63, 3.8) is 0 Å². The molecule has 0 bridgehead atoms. The topological polar surface area (TPSA) is 85.8 Å². The molecule has 2 heterocycles. The molecule has 1 aromatic heterocycles. The Kier molecular flexibility index (Phi) is 7.23. The van der Waals surface area contributed by atoms with Gasteiger partial charge >= 0.3 is 0 Å². The van der Waals surface area contributed by atoms with Crippen LogP contribution in [0.25, 0.3) is 0 Å². The van der Waals surface area contributed by atoms with Crippen molar-refractivity contribution in [3.05, 3.63) is 5.82 Å². The number of nitrogens with one attached hydrogen (secondary N) is 2. The summed E-state index contributed by atoms with van der Waals surface area (Å²) in [6.45, 7) is 8.50. The second-order valence-corrected chi connectivity index (χ2v) is 6.30. The van der Waals surface area contributed by atoms with Crippen molar-refractivity contribution in [2.45, 2.75) is 26.7 Å². The first-order valence-electron chi connectivity index (χ1n) is 8.47. The summed E-state index contributed by atoms with van der Waals surface area (Å²) in [4.78, 5) is 25.0. The zero-order valence-corrected chi connectivity index (χ0v) is 15.5. The lowest BCUT2D eigenvalue weighted by Gasteiger charge is -2.36. The lowest BCUT2D eigenvalue weighted by molar-refractivity contribution is -0.120. The number of rotatable bonds is 6. The van der Waals surface area contributed by atoms with Crippen LogP contribution >= 0.6 is 11.5 Å². The van der Waals surface area contributed by atoms with Gasteiger partial charge in [0.15, 0.2) is 5.96 Å². The normalized spacial score (nSPS) is 15.5. The fourth-order valence-electron chi connectivity index (χ4n) is 2.44. The average Bonchev–Trinajstić information content (AvgIpc) is 3.10. The molecule has 1 aliphatic heterocycles. The number of amides is 1. The molecule has 1 saturated heterocycles. The predicted molar refractivity (Wildman–Crippen MR) is 97.7 cm³/mol. The van der Waals surface area contributed by atoms with E-state index in [4.69, 9.17) is 0 Å². The first-order valence-corrected chi connectivity index (χ1v) is 9.25. The first-order chi connectivity index (χ1) is 11.7. The predicted octanol–water partition coefficient (Wildman–Crippen LogP) is 0.324. The number of anilines is 1. The number of hydrogen-bond donors (Lipinski definition) is 2. The number of hydrogen-bond acceptors (Lipinski definition) is 6. The van der Waals surface area contributed by atoms with Gasteiger partial charge < -0.3 is 20.4 Å². The number of nitrogens with zero attached hydrogens (tertiary/aromatic N) is 5. The Labute approximate surface area is 147 Å². The number of aryl methyl sites for hydroxylation is 1. The van der Waals surface area contributed by atoms with Gasteiger partial charge in [0, 0.05) is 57.7 Å². The van der Waals surface area contributed by atoms with Crippen molar-refractivity contribution < 1.29 is 4.79 Å². The van der Waals surface area contributed by atoms with Gasteiger partial charge in [0.05, 0.1) is 6.54 Å². The number of carbonyl (C=O) groups is 1. The Morgan fingerprint density at radius 1 is 1.25 bits per heavy atom. The van der Waals surface area contributed by atoms with Crippen LogP contribution in [0.5, 0.6) is 0 Å². The van der Waals surface area contributed by atoms with Gasteiger partial charge in [0.1, 0.15) is 5.82 Å². The summed E-state index contributed by atoms with van der Waals surface area (Å²) < 4.78 is 4.35. The van der Waals surface area contributed by atoms with Crippen molar-refractivity contribution in [3.8, 4) is 0 Å². The van der Waals surface area contributed by atoms with Gasteiger partial charge in [-0.1, -0.05) is 13.8 Å². The Balaban J connectivity index is 1.80. The highest BCUT2D eigenvalue weighted by molar-refractivity contribution is 7.09. The van der Waals surface area contributed by atoms with E-state index in [1.165, 1.54) is 11.5 Å². The molecule has 0 aliphatic carbocycles. The van der Waals surface area contributed by atoms with E-state index in [0.717, 1.165) is 55.9 Å². The van der Waals surface area contributed by atoms with Gasteiger partial charge in [0.25, 0.3) is 0 Å². The fourth-order valence-corrected chi connectivity index (χ4v) is 3.25. The molecular weight excluding hydrogens is 326 g/mol. The smallest absolute Gasteiger partial charge is 0.239 e. The molecule has 2 rings (SSSR count). The van der Waals surface area contributed by atoms with Crippen molar-refractivity contribution >= 4 is 28.5 Å². The van der Waals surface area contributed by atoms with Crippen LogP contribution in [0.3, 0.4) is 0 Å². The van der Waals surface area contributed by atoms with Crippen LogP contribution in [-0.4, -0.2) is 72.4 Å². The molecule has 0 unspecified atom stereocenters. The quantitative estimate of drug-likeness (QED) is 0.566. The highest BCUT2D eigenvalue weighted by atomic mass is 32.1. The summed E-state index contributed by atoms with van der Waals surface area (Å²) >= 11 is 1.47. The van der Waals surface area contributed by atoms with E-state index in [1.807, 2.05) is 6.92 Å². The molecular formula is C15H27N7OS. The molecule has 1 amide bonds. The number of piperazine rings is 1. The van der Waals surface area contributed by atoms with Crippen LogP contribution in [-0.2, 0) is 11.2 Å². The van der Waals surface area contributed by atoms with Crippen LogP contribution in [0.4, 0.5) is 5.13 Å². The molecule has 1 fully saturated rings. The number of aromatic nitrogens is 2. The van der Waals surface area contributed by atoms with E-state index in [0.29, 0.717) is 6.54 Å². The van der Waals surface area contributed by atoms with E-state index < -0.39 is 0 Å². The molecule has 1 aliphatic rings. The Morgan fingerprint density at radius 3 is 2.58 bits per heavy atom. The van der Waals surface area contributed by atoms with Gasteiger partial charge in [-0.05, 0) is 6.42 Å². The molecule has 0 spiro atoms. The zero-order chi connectivity index (χ0) is 17.4. The van der Waals surface area contributed by atoms with E-state index in [9.17, 15) is 4.79 Å². The van der Waals surface area contributed by atoms with Crippen LogP contribution in [0.2, 0.25) is 0 Å². The average molecular weight is 353 g/mol. The molecule has 0 atom stereocenters. The van der Waals surface area contributed by atoms with E-state index in [2.05, 4.69) is 41.7 Å². The molecule has 24 heavy (non-hydrogen) atoms. The Morgan fingerprint density at radius 2 is 2.00 bits per heavy atom. The maximum atomic E-state index is 11.7.